The van der Waals surface area contributed by atoms with Crippen molar-refractivity contribution in [1.82, 2.24) is 4.90 Å². The molecule has 0 unspecified atom stereocenters. The van der Waals surface area contributed by atoms with Gasteiger partial charge in [0.05, 0.1) is 35.8 Å². The zero-order chi connectivity index (χ0) is 43.1. The van der Waals surface area contributed by atoms with Gasteiger partial charge in [0.1, 0.15) is 35.6 Å². The minimum absolute atomic E-state index is 0.00576. The minimum Gasteiger partial charge on any atom is -0.496 e. The van der Waals surface area contributed by atoms with Gasteiger partial charge in [-0.2, -0.15) is 0 Å². The molecule has 4 aliphatic rings. The number of aldehydes is 1. The third-order valence-corrected chi connectivity index (χ3v) is 12.5. The molecule has 3 aromatic carbocycles. The fraction of sp³-hybridized carbons (Fsp3) is 0.468. The quantitative estimate of drug-likeness (QED) is 0.0350. The van der Waals surface area contributed by atoms with Crippen molar-refractivity contribution in [3.8, 4) is 23.0 Å². The van der Waals surface area contributed by atoms with Crippen LogP contribution in [-0.2, 0) is 21.0 Å². The number of hydrogen-bond acceptors (Lipinski definition) is 12. The number of aliphatic hydroxyl groups excluding tert-OH is 2. The molecule has 1 amide bonds. The normalized spacial score (nSPS) is 24.4. The lowest BCUT2D eigenvalue weighted by atomic mass is 9.55. The second kappa shape index (κ2) is 19.4. The number of ether oxygens (including phenoxy) is 4. The molecule has 324 valence electrons. The SMILES string of the molecule is C=CCO[C@@]12Oc3ccc(Oc4ccc(OC)c(C=O)c4)cc3[C@H]3[C@H](CCCCO)[C@@H](CCCCO)C=C(C(=NOCc4ccc([N+](=O)[O-])cc4)C[C@@H]1N(C)C(=O)C1CC1)[C@H]32. The number of likely N-dealkylation sites (N-methyl/N-ethyl adjacent to an activating group) is 1. The number of allylic oxidation sites excluding steroid dienone is 1. The highest BCUT2D eigenvalue weighted by atomic mass is 16.7. The molecule has 61 heavy (non-hydrogen) atoms. The third-order valence-electron chi connectivity index (χ3n) is 12.5. The Labute approximate surface area is 355 Å². The molecular formula is C47H55N3O11. The third kappa shape index (κ3) is 9.21. The zero-order valence-electron chi connectivity index (χ0n) is 34.8. The second-order valence-electron chi connectivity index (χ2n) is 16.3. The molecule has 0 aromatic heterocycles. The summed E-state index contributed by atoms with van der Waals surface area (Å²) in [6.07, 6.45) is 10.9. The number of amides is 1. The maximum atomic E-state index is 14.1. The monoisotopic (exact) mass is 837 g/mol. The molecule has 14 heteroatoms. The Balaban J connectivity index is 1.38. The van der Waals surface area contributed by atoms with Crippen LogP contribution < -0.4 is 14.2 Å². The smallest absolute Gasteiger partial charge is 0.269 e. The number of oxime groups is 1. The highest BCUT2D eigenvalue weighted by Gasteiger charge is 2.65. The maximum Gasteiger partial charge on any atom is 0.269 e. The van der Waals surface area contributed by atoms with Crippen LogP contribution in [0.3, 0.4) is 0 Å². The standard InChI is InChI=1S/C47H55N3O11/c1-4-23-58-47-43(49(2)46(54)31-13-14-31)27-40(48-59-29-30-11-15-34(16-12-30)50(55)56)38-25-32(9-5-7-21-51)37(10-6-8-22-52)44(45(38)47)39-26-36(18-20-42(39)61-47)60-35-17-19-41(57-3)33(24-35)28-53/h4,11-12,15-20,24-26,28,31-32,37,43-45,51-52H,1,5-10,13-14,21-23,27,29H2,2-3H3/t32-,37+,43-,44+,45+,47+/m0/s1. The Morgan fingerprint density at radius 2 is 1.75 bits per heavy atom. The molecule has 6 atom stereocenters. The van der Waals surface area contributed by atoms with E-state index in [1.807, 2.05) is 18.2 Å². The van der Waals surface area contributed by atoms with Gasteiger partial charge in [0, 0.05) is 56.2 Å². The maximum absolute atomic E-state index is 14.1. The van der Waals surface area contributed by atoms with E-state index in [-0.39, 0.29) is 68.1 Å². The summed E-state index contributed by atoms with van der Waals surface area (Å²) >= 11 is 0. The largest absolute Gasteiger partial charge is 0.496 e. The first-order valence-electron chi connectivity index (χ1n) is 21.2. The van der Waals surface area contributed by atoms with Crippen molar-refractivity contribution in [2.75, 3.05) is 34.0 Å². The van der Waals surface area contributed by atoms with Crippen LogP contribution in [0.25, 0.3) is 0 Å². The fourth-order valence-corrected chi connectivity index (χ4v) is 9.47. The number of unbranched alkanes of at least 4 members (excludes halogenated alkanes) is 2. The van der Waals surface area contributed by atoms with E-state index in [9.17, 15) is 29.9 Å². The lowest BCUT2D eigenvalue weighted by Gasteiger charge is -2.59. The number of carbonyl (C=O) groups excluding carboxylic acids is 2. The number of nitro groups is 1. The summed E-state index contributed by atoms with van der Waals surface area (Å²) in [5.74, 6) is -0.184. The number of rotatable bonds is 21. The summed E-state index contributed by atoms with van der Waals surface area (Å²) in [4.78, 5) is 44.7. The van der Waals surface area contributed by atoms with Crippen molar-refractivity contribution in [2.24, 2.45) is 28.8 Å². The van der Waals surface area contributed by atoms with Gasteiger partial charge < -0.3 is 38.9 Å². The molecule has 3 aliphatic carbocycles. The van der Waals surface area contributed by atoms with E-state index in [1.165, 1.54) is 19.2 Å². The number of nitro benzene ring substituents is 1. The van der Waals surface area contributed by atoms with Crippen LogP contribution in [-0.4, -0.2) is 83.7 Å². The van der Waals surface area contributed by atoms with E-state index < -0.39 is 22.7 Å². The topological polar surface area (TPSA) is 179 Å². The van der Waals surface area contributed by atoms with Crippen molar-refractivity contribution in [3.63, 3.8) is 0 Å². The summed E-state index contributed by atoms with van der Waals surface area (Å²) in [6, 6.07) is 16.2. The van der Waals surface area contributed by atoms with Crippen LogP contribution >= 0.6 is 0 Å². The van der Waals surface area contributed by atoms with E-state index in [0.717, 1.165) is 55.9 Å². The van der Waals surface area contributed by atoms with Crippen LogP contribution in [0.1, 0.15) is 85.2 Å². The Hall–Kier alpha value is -5.57. The zero-order valence-corrected chi connectivity index (χ0v) is 34.8. The number of nitrogens with zero attached hydrogens (tertiary/aromatic N) is 3. The number of benzene rings is 3. The first-order chi connectivity index (χ1) is 29.7. The summed E-state index contributed by atoms with van der Waals surface area (Å²) in [5, 5.41) is 35.9. The molecule has 0 saturated heterocycles. The molecule has 0 radical (unpaired) electrons. The molecule has 0 spiro atoms. The van der Waals surface area contributed by atoms with Gasteiger partial charge in [-0.05, 0) is 110 Å². The van der Waals surface area contributed by atoms with E-state index in [1.54, 1.807) is 48.4 Å². The lowest BCUT2D eigenvalue weighted by Crippen LogP contribution is -2.69. The summed E-state index contributed by atoms with van der Waals surface area (Å²) in [6.45, 7) is 4.32. The van der Waals surface area contributed by atoms with Gasteiger partial charge in [0.2, 0.25) is 11.7 Å². The van der Waals surface area contributed by atoms with Crippen LogP contribution in [0.4, 0.5) is 5.69 Å². The average Bonchev–Trinajstić information content (AvgIpc) is 4.13. The first kappa shape index (κ1) is 43.5. The van der Waals surface area contributed by atoms with E-state index in [4.69, 9.17) is 28.9 Å². The molecule has 2 saturated carbocycles. The molecule has 1 aliphatic heterocycles. The Bertz CT molecular complexity index is 2130. The van der Waals surface area contributed by atoms with E-state index >= 15 is 0 Å². The Morgan fingerprint density at radius 3 is 2.43 bits per heavy atom. The first-order valence-corrected chi connectivity index (χ1v) is 21.2. The van der Waals surface area contributed by atoms with Gasteiger partial charge in [0.25, 0.3) is 5.69 Å². The molecule has 3 aromatic rings. The summed E-state index contributed by atoms with van der Waals surface area (Å²) < 4.78 is 26.0. The van der Waals surface area contributed by atoms with Crippen molar-refractivity contribution in [1.29, 1.82) is 0 Å². The molecule has 14 nitrogen and oxygen atoms in total. The number of methoxy groups -OCH3 is 1. The van der Waals surface area contributed by atoms with Gasteiger partial charge in [-0.3, -0.25) is 19.7 Å². The predicted molar refractivity (Wildman–Crippen MR) is 227 cm³/mol. The van der Waals surface area contributed by atoms with Gasteiger partial charge in [-0.15, -0.1) is 6.58 Å². The van der Waals surface area contributed by atoms with Gasteiger partial charge in [0.15, 0.2) is 6.29 Å². The molecule has 0 bridgehead atoms. The van der Waals surface area contributed by atoms with Gasteiger partial charge in [-0.1, -0.05) is 30.1 Å². The average molecular weight is 838 g/mol. The minimum atomic E-state index is -1.38. The van der Waals surface area contributed by atoms with Crippen molar-refractivity contribution in [2.45, 2.75) is 82.1 Å². The molecule has 2 fully saturated rings. The number of fused-ring (bicyclic) bond motifs is 2. The summed E-state index contributed by atoms with van der Waals surface area (Å²) in [7, 11) is 3.31. The summed E-state index contributed by atoms with van der Waals surface area (Å²) in [5.41, 5.74) is 3.45. The number of hydrogen-bond donors (Lipinski definition) is 2. The van der Waals surface area contributed by atoms with Crippen LogP contribution in [0.2, 0.25) is 0 Å². The van der Waals surface area contributed by atoms with E-state index in [0.29, 0.717) is 52.7 Å². The molecule has 1 heterocycles. The number of carbonyl (C=O) groups is 2. The number of non-ortho nitro benzene ring substituents is 1. The van der Waals surface area contributed by atoms with Crippen molar-refractivity contribution < 1.29 is 48.5 Å². The Morgan fingerprint density at radius 1 is 1.03 bits per heavy atom. The van der Waals surface area contributed by atoms with Crippen molar-refractivity contribution in [3.05, 3.63) is 112 Å². The predicted octanol–water partition coefficient (Wildman–Crippen LogP) is 7.91. The Kier molecular flexibility index (Phi) is 13.9. The molecule has 2 N–H and O–H groups in total. The van der Waals surface area contributed by atoms with Gasteiger partial charge >= 0.3 is 0 Å². The lowest BCUT2D eigenvalue weighted by molar-refractivity contribution is -0.384. The van der Waals surface area contributed by atoms with Crippen LogP contribution in [0.15, 0.2) is 90.1 Å². The van der Waals surface area contributed by atoms with Crippen LogP contribution in [0, 0.1) is 33.8 Å². The van der Waals surface area contributed by atoms with Gasteiger partial charge in [-0.25, -0.2) is 0 Å². The molecular weight excluding hydrogens is 783 g/mol. The highest BCUT2D eigenvalue weighted by molar-refractivity contribution is 6.03. The van der Waals surface area contributed by atoms with Crippen molar-refractivity contribution >= 4 is 23.6 Å². The highest BCUT2D eigenvalue weighted by Crippen LogP contribution is 2.62. The van der Waals surface area contributed by atoms with Crippen LogP contribution in [0.5, 0.6) is 23.0 Å². The van der Waals surface area contributed by atoms with E-state index in [2.05, 4.69) is 12.7 Å². The molecule has 7 rings (SSSR count). The second-order valence-corrected chi connectivity index (χ2v) is 16.3. The number of aliphatic hydroxyl groups is 2. The fourth-order valence-electron chi connectivity index (χ4n) is 9.47.